The molecule has 0 unspecified atom stereocenters. The maximum absolute atomic E-state index is 12.9. The normalized spacial score (nSPS) is 16.1. The fourth-order valence-corrected chi connectivity index (χ4v) is 3.71. The Bertz CT molecular complexity index is 461. The minimum Gasteiger partial charge on any atom is -0.397 e. The third kappa shape index (κ3) is 4.71. The zero-order valence-corrected chi connectivity index (χ0v) is 12.3. The van der Waals surface area contributed by atoms with Gasteiger partial charge in [-0.3, -0.25) is 4.79 Å². The van der Waals surface area contributed by atoms with E-state index in [1.807, 2.05) is 11.8 Å². The summed E-state index contributed by atoms with van der Waals surface area (Å²) in [6, 6.07) is 4.01. The molecule has 0 atom stereocenters. The number of halogens is 1. The van der Waals surface area contributed by atoms with Crippen LogP contribution in [-0.4, -0.2) is 16.9 Å². The van der Waals surface area contributed by atoms with Crippen molar-refractivity contribution in [3.63, 3.8) is 0 Å². The molecule has 0 saturated heterocycles. The number of anilines is 2. The van der Waals surface area contributed by atoms with Gasteiger partial charge in [-0.25, -0.2) is 4.39 Å². The molecule has 0 aromatic heterocycles. The second kappa shape index (κ2) is 7.53. The summed E-state index contributed by atoms with van der Waals surface area (Å²) in [7, 11) is 0. The lowest BCUT2D eigenvalue weighted by atomic mass is 10.0. The minimum atomic E-state index is -0.395. The molecule has 1 amide bonds. The van der Waals surface area contributed by atoms with Crippen molar-refractivity contribution in [3.8, 4) is 0 Å². The highest BCUT2D eigenvalue weighted by molar-refractivity contribution is 7.99. The second-order valence-corrected chi connectivity index (χ2v) is 6.57. The highest BCUT2D eigenvalue weighted by Crippen LogP contribution is 2.28. The number of hydrogen-bond donors (Lipinski definition) is 2. The number of nitrogens with one attached hydrogen (secondary N) is 1. The average Bonchev–Trinajstić information content (AvgIpc) is 2.43. The van der Waals surface area contributed by atoms with E-state index in [1.54, 1.807) is 0 Å². The Morgan fingerprint density at radius 3 is 2.80 bits per heavy atom. The van der Waals surface area contributed by atoms with Gasteiger partial charge < -0.3 is 11.1 Å². The molecule has 20 heavy (non-hydrogen) atoms. The monoisotopic (exact) mass is 296 g/mol. The standard InChI is InChI=1S/C15H21FN2OS/c16-11-6-7-14(13(17)10-11)18-15(19)8-9-20-12-4-2-1-3-5-12/h6-7,10,12H,1-5,8-9,17H2,(H,18,19). The number of amides is 1. The summed E-state index contributed by atoms with van der Waals surface area (Å²) < 4.78 is 12.9. The van der Waals surface area contributed by atoms with Gasteiger partial charge in [0.05, 0.1) is 11.4 Å². The van der Waals surface area contributed by atoms with Crippen LogP contribution in [0.2, 0.25) is 0 Å². The highest BCUT2D eigenvalue weighted by atomic mass is 32.2. The fraction of sp³-hybridized carbons (Fsp3) is 0.533. The molecule has 0 heterocycles. The Labute approximate surface area is 123 Å². The zero-order chi connectivity index (χ0) is 14.4. The summed E-state index contributed by atoms with van der Waals surface area (Å²) >= 11 is 1.89. The van der Waals surface area contributed by atoms with Gasteiger partial charge in [0.15, 0.2) is 0 Å². The van der Waals surface area contributed by atoms with Gasteiger partial charge in [-0.15, -0.1) is 0 Å². The van der Waals surface area contributed by atoms with E-state index in [9.17, 15) is 9.18 Å². The number of benzene rings is 1. The van der Waals surface area contributed by atoms with Gasteiger partial charge in [-0.05, 0) is 31.0 Å². The van der Waals surface area contributed by atoms with E-state index in [0.717, 1.165) is 5.75 Å². The molecule has 0 aliphatic heterocycles. The predicted octanol–water partition coefficient (Wildman–Crippen LogP) is 3.80. The van der Waals surface area contributed by atoms with E-state index in [0.29, 0.717) is 17.4 Å². The van der Waals surface area contributed by atoms with Gasteiger partial charge in [0, 0.05) is 17.4 Å². The Hall–Kier alpha value is -1.23. The number of carbonyl (C=O) groups excluding carboxylic acids is 1. The van der Waals surface area contributed by atoms with Crippen LogP contribution in [0.4, 0.5) is 15.8 Å². The van der Waals surface area contributed by atoms with Crippen molar-refractivity contribution in [1.82, 2.24) is 0 Å². The molecular formula is C15H21FN2OS. The van der Waals surface area contributed by atoms with Crippen molar-refractivity contribution in [2.45, 2.75) is 43.8 Å². The van der Waals surface area contributed by atoms with Gasteiger partial charge in [0.25, 0.3) is 0 Å². The van der Waals surface area contributed by atoms with Gasteiger partial charge in [-0.2, -0.15) is 11.8 Å². The second-order valence-electron chi connectivity index (χ2n) is 5.16. The molecule has 1 fully saturated rings. The third-order valence-corrected chi connectivity index (χ3v) is 4.91. The molecule has 0 bridgehead atoms. The van der Waals surface area contributed by atoms with Crippen LogP contribution in [0.1, 0.15) is 38.5 Å². The molecule has 3 nitrogen and oxygen atoms in total. The summed E-state index contributed by atoms with van der Waals surface area (Å²) in [5.74, 6) is 0.373. The molecule has 1 saturated carbocycles. The first-order valence-electron chi connectivity index (χ1n) is 7.11. The summed E-state index contributed by atoms with van der Waals surface area (Å²) in [6.07, 6.45) is 7.00. The minimum absolute atomic E-state index is 0.0633. The summed E-state index contributed by atoms with van der Waals surface area (Å²) in [5.41, 5.74) is 6.40. The van der Waals surface area contributed by atoms with Crippen LogP contribution in [0.3, 0.4) is 0 Å². The number of carbonyl (C=O) groups is 1. The van der Waals surface area contributed by atoms with Crippen molar-refractivity contribution in [3.05, 3.63) is 24.0 Å². The smallest absolute Gasteiger partial charge is 0.225 e. The lowest BCUT2D eigenvalue weighted by Crippen LogP contribution is -2.15. The molecular weight excluding hydrogens is 275 g/mol. The van der Waals surface area contributed by atoms with Crippen LogP contribution < -0.4 is 11.1 Å². The Morgan fingerprint density at radius 1 is 1.35 bits per heavy atom. The Morgan fingerprint density at radius 2 is 2.10 bits per heavy atom. The average molecular weight is 296 g/mol. The SMILES string of the molecule is Nc1cc(F)ccc1NC(=O)CCSC1CCCCC1. The molecule has 0 spiro atoms. The van der Waals surface area contributed by atoms with Crippen LogP contribution in [-0.2, 0) is 4.79 Å². The molecule has 5 heteroatoms. The number of rotatable bonds is 5. The first-order chi connectivity index (χ1) is 9.65. The summed E-state index contributed by atoms with van der Waals surface area (Å²) in [4.78, 5) is 11.8. The third-order valence-electron chi connectivity index (χ3n) is 3.52. The topological polar surface area (TPSA) is 55.1 Å². The molecule has 1 aliphatic rings. The van der Waals surface area contributed by atoms with Crippen molar-refractivity contribution < 1.29 is 9.18 Å². The van der Waals surface area contributed by atoms with E-state index >= 15 is 0 Å². The quantitative estimate of drug-likeness (QED) is 0.813. The molecule has 0 radical (unpaired) electrons. The van der Waals surface area contributed by atoms with E-state index < -0.39 is 5.82 Å². The summed E-state index contributed by atoms with van der Waals surface area (Å²) in [6.45, 7) is 0. The van der Waals surface area contributed by atoms with Crippen LogP contribution in [0.5, 0.6) is 0 Å². The van der Waals surface area contributed by atoms with Crippen molar-refractivity contribution in [1.29, 1.82) is 0 Å². The summed E-state index contributed by atoms with van der Waals surface area (Å²) in [5, 5.41) is 3.45. The van der Waals surface area contributed by atoms with Crippen molar-refractivity contribution in [2.75, 3.05) is 16.8 Å². The maximum Gasteiger partial charge on any atom is 0.225 e. The fourth-order valence-electron chi connectivity index (χ4n) is 2.41. The van der Waals surface area contributed by atoms with Gasteiger partial charge in [0.1, 0.15) is 5.82 Å². The van der Waals surface area contributed by atoms with Crippen LogP contribution in [0, 0.1) is 5.82 Å². The van der Waals surface area contributed by atoms with Gasteiger partial charge in [-0.1, -0.05) is 19.3 Å². The van der Waals surface area contributed by atoms with Crippen LogP contribution in [0.15, 0.2) is 18.2 Å². The predicted molar refractivity (Wildman–Crippen MR) is 83.4 cm³/mol. The number of nitrogens with two attached hydrogens (primary N) is 1. The zero-order valence-electron chi connectivity index (χ0n) is 11.5. The van der Waals surface area contributed by atoms with E-state index in [2.05, 4.69) is 5.32 Å². The van der Waals surface area contributed by atoms with E-state index in [4.69, 9.17) is 5.73 Å². The lowest BCUT2D eigenvalue weighted by molar-refractivity contribution is -0.115. The molecule has 1 aliphatic carbocycles. The lowest BCUT2D eigenvalue weighted by Gasteiger charge is -2.20. The molecule has 110 valence electrons. The van der Waals surface area contributed by atoms with Crippen LogP contribution in [0.25, 0.3) is 0 Å². The largest absolute Gasteiger partial charge is 0.397 e. The number of thioether (sulfide) groups is 1. The first kappa shape index (κ1) is 15.2. The molecule has 1 aromatic carbocycles. The maximum atomic E-state index is 12.9. The van der Waals surface area contributed by atoms with Gasteiger partial charge >= 0.3 is 0 Å². The molecule has 3 N–H and O–H groups in total. The number of hydrogen-bond acceptors (Lipinski definition) is 3. The molecule has 2 rings (SSSR count). The Kier molecular flexibility index (Phi) is 5.71. The van der Waals surface area contributed by atoms with Crippen molar-refractivity contribution in [2.24, 2.45) is 0 Å². The highest BCUT2D eigenvalue weighted by Gasteiger charge is 2.14. The van der Waals surface area contributed by atoms with Crippen molar-refractivity contribution >= 4 is 29.0 Å². The van der Waals surface area contributed by atoms with Crippen LogP contribution >= 0.6 is 11.8 Å². The number of nitrogen functional groups attached to an aromatic ring is 1. The van der Waals surface area contributed by atoms with E-state index in [1.165, 1.54) is 50.3 Å². The Balaban J connectivity index is 1.72. The molecule has 1 aromatic rings. The first-order valence-corrected chi connectivity index (χ1v) is 8.16. The van der Waals surface area contributed by atoms with E-state index in [-0.39, 0.29) is 11.6 Å². The van der Waals surface area contributed by atoms with Gasteiger partial charge in [0.2, 0.25) is 5.91 Å².